The number of fused-ring (bicyclic) bond motifs is 7. The third kappa shape index (κ3) is 2.71. The van der Waals surface area contributed by atoms with Crippen molar-refractivity contribution in [2.24, 2.45) is 33.7 Å². The lowest BCUT2D eigenvalue weighted by molar-refractivity contribution is -0.0385. The van der Waals surface area contributed by atoms with Crippen LogP contribution in [0, 0.1) is 28.6 Å². The number of hydrogen-bond donors (Lipinski definition) is 2. The maximum Gasteiger partial charge on any atom is 0.427 e. The normalized spacial score (nSPS) is 49.2. The molecule has 1 aliphatic heterocycles. The summed E-state index contributed by atoms with van der Waals surface area (Å²) in [6, 6.07) is 0. The van der Waals surface area contributed by atoms with Crippen molar-refractivity contribution in [3.63, 3.8) is 0 Å². The molecule has 30 heavy (non-hydrogen) atoms. The van der Waals surface area contributed by atoms with Gasteiger partial charge in [-0.25, -0.2) is 10.2 Å². The molecule has 5 aliphatic rings. The molecule has 0 radical (unpaired) electrons. The van der Waals surface area contributed by atoms with Crippen molar-refractivity contribution in [3.05, 3.63) is 11.6 Å². The Labute approximate surface area is 184 Å². The maximum absolute atomic E-state index is 11.8. The van der Waals surface area contributed by atoms with Gasteiger partial charge >= 0.3 is 6.09 Å². The highest BCUT2D eigenvalue weighted by atomic mass is 32.2. The Bertz CT molecular complexity index is 812. The molecule has 1 saturated heterocycles. The van der Waals surface area contributed by atoms with E-state index in [1.54, 1.807) is 6.92 Å². The average Bonchev–Trinajstić information content (AvgIpc) is 3.39. The molecule has 4 aliphatic carbocycles. The molecule has 2 N–H and O–H groups in total. The van der Waals surface area contributed by atoms with Gasteiger partial charge in [-0.05, 0) is 87.4 Å². The molecule has 0 bridgehead atoms. The average molecular weight is 433 g/mol. The van der Waals surface area contributed by atoms with E-state index in [2.05, 4.69) is 49.1 Å². The van der Waals surface area contributed by atoms with Crippen LogP contribution in [-0.2, 0) is 4.74 Å². The van der Waals surface area contributed by atoms with Gasteiger partial charge in [-0.15, -0.1) is 11.8 Å². The number of nitrogens with zero attached hydrogens (tertiary/aromatic N) is 1. The van der Waals surface area contributed by atoms with Gasteiger partial charge in [0.15, 0.2) is 0 Å². The number of amides is 1. The molecule has 0 spiro atoms. The van der Waals surface area contributed by atoms with Crippen molar-refractivity contribution in [2.45, 2.75) is 88.7 Å². The highest BCUT2D eigenvalue weighted by Gasteiger charge is 2.77. The lowest BCUT2D eigenvalue weighted by Crippen LogP contribution is -2.53. The molecule has 0 aromatic carbocycles. The first-order valence-corrected chi connectivity index (χ1v) is 12.7. The third-order valence-electron chi connectivity index (χ3n) is 9.64. The molecule has 5 nitrogen and oxygen atoms in total. The fourth-order valence-electron chi connectivity index (χ4n) is 8.10. The summed E-state index contributed by atoms with van der Waals surface area (Å²) in [5.41, 5.74) is 5.73. The van der Waals surface area contributed by atoms with E-state index in [4.69, 9.17) is 4.74 Å². The van der Waals surface area contributed by atoms with Gasteiger partial charge in [0.2, 0.25) is 0 Å². The quantitative estimate of drug-likeness (QED) is 0.288. The first kappa shape index (κ1) is 20.9. The molecule has 6 heteroatoms. The zero-order chi connectivity index (χ0) is 21.3. The number of aliphatic hydroxyl groups excluding tert-OH is 1. The van der Waals surface area contributed by atoms with Crippen LogP contribution >= 0.6 is 11.8 Å². The van der Waals surface area contributed by atoms with E-state index in [1.807, 2.05) is 0 Å². The molecule has 4 fully saturated rings. The summed E-state index contributed by atoms with van der Waals surface area (Å²) in [5, 5.41) is 15.3. The molecule has 0 aromatic heterocycles. The van der Waals surface area contributed by atoms with Crippen LogP contribution in [0.1, 0.15) is 72.6 Å². The van der Waals surface area contributed by atoms with Gasteiger partial charge in [0, 0.05) is 5.25 Å². The van der Waals surface area contributed by atoms with E-state index in [9.17, 15) is 9.90 Å². The number of aliphatic hydroxyl groups is 1. The summed E-state index contributed by atoms with van der Waals surface area (Å²) >= 11 is 2.07. The molecule has 0 aromatic rings. The fourth-order valence-corrected chi connectivity index (χ4v) is 10.1. The van der Waals surface area contributed by atoms with Crippen molar-refractivity contribution >= 4 is 23.6 Å². The second-order valence-electron chi connectivity index (χ2n) is 10.7. The van der Waals surface area contributed by atoms with Gasteiger partial charge in [0.1, 0.15) is 0 Å². The molecule has 1 heterocycles. The number of carbonyl (C=O) groups is 1. The third-order valence-corrected chi connectivity index (χ3v) is 11.6. The number of hydrogen-bond acceptors (Lipinski definition) is 5. The summed E-state index contributed by atoms with van der Waals surface area (Å²) in [5.74, 6) is 2.21. The largest absolute Gasteiger partial charge is 0.449 e. The van der Waals surface area contributed by atoms with Gasteiger partial charge in [-0.3, -0.25) is 0 Å². The summed E-state index contributed by atoms with van der Waals surface area (Å²) in [6.45, 7) is 9.25. The zero-order valence-electron chi connectivity index (χ0n) is 18.7. The Morgan fingerprint density at radius 1 is 1.33 bits per heavy atom. The molecule has 3 saturated carbocycles. The summed E-state index contributed by atoms with van der Waals surface area (Å²) in [7, 11) is 0. The number of thioether (sulfide) groups is 1. The SMILES string of the molecule is CCOC(=O)NN=C(C)[C@@]12S[C@@H]1CC1C3CC=C4C[C@@H](O)CC[C@]4(C)C3CC[C@@]12C. The Kier molecular flexibility index (Phi) is 4.87. The fraction of sp³-hybridized carbons (Fsp3) is 0.833. The summed E-state index contributed by atoms with van der Waals surface area (Å²) in [6.07, 6.45) is 9.83. The summed E-state index contributed by atoms with van der Waals surface area (Å²) < 4.78 is 5.06. The Morgan fingerprint density at radius 3 is 2.90 bits per heavy atom. The molecule has 3 unspecified atom stereocenters. The molecule has 5 rings (SSSR count). The topological polar surface area (TPSA) is 70.9 Å². The van der Waals surface area contributed by atoms with E-state index >= 15 is 0 Å². The zero-order valence-corrected chi connectivity index (χ0v) is 19.6. The number of allylic oxidation sites excluding steroid dienone is 1. The molecule has 1 amide bonds. The molecule has 8 atom stereocenters. The molecular formula is C24H36N2O3S. The van der Waals surface area contributed by atoms with Crippen LogP contribution in [-0.4, -0.2) is 39.6 Å². The van der Waals surface area contributed by atoms with Gasteiger partial charge in [-0.1, -0.05) is 25.5 Å². The monoisotopic (exact) mass is 432 g/mol. The first-order valence-electron chi connectivity index (χ1n) is 11.8. The van der Waals surface area contributed by atoms with Gasteiger partial charge < -0.3 is 9.84 Å². The van der Waals surface area contributed by atoms with Crippen LogP contribution in [0.25, 0.3) is 0 Å². The summed E-state index contributed by atoms with van der Waals surface area (Å²) in [4.78, 5) is 11.8. The van der Waals surface area contributed by atoms with Gasteiger partial charge in [0.25, 0.3) is 0 Å². The van der Waals surface area contributed by atoms with E-state index in [1.165, 1.54) is 31.3 Å². The minimum atomic E-state index is -0.462. The molecular weight excluding hydrogens is 396 g/mol. The minimum Gasteiger partial charge on any atom is -0.449 e. The van der Waals surface area contributed by atoms with Gasteiger partial charge in [-0.2, -0.15) is 5.10 Å². The number of ether oxygens (including phenoxy) is 1. The van der Waals surface area contributed by atoms with Crippen molar-refractivity contribution in [1.82, 2.24) is 5.43 Å². The smallest absolute Gasteiger partial charge is 0.427 e. The van der Waals surface area contributed by atoms with E-state index < -0.39 is 6.09 Å². The number of hydrazone groups is 1. The lowest BCUT2D eigenvalue weighted by Gasteiger charge is -2.58. The van der Waals surface area contributed by atoms with Crippen LogP contribution in [0.3, 0.4) is 0 Å². The van der Waals surface area contributed by atoms with Crippen LogP contribution in [0.5, 0.6) is 0 Å². The number of carbonyl (C=O) groups excluding carboxylic acids is 1. The Balaban J connectivity index is 1.40. The predicted octanol–water partition coefficient (Wildman–Crippen LogP) is 4.90. The van der Waals surface area contributed by atoms with Crippen LogP contribution in [0.2, 0.25) is 0 Å². The van der Waals surface area contributed by atoms with Crippen LogP contribution < -0.4 is 5.43 Å². The molecule has 166 valence electrons. The van der Waals surface area contributed by atoms with Crippen molar-refractivity contribution in [3.8, 4) is 0 Å². The van der Waals surface area contributed by atoms with E-state index in [-0.39, 0.29) is 21.7 Å². The number of rotatable bonds is 3. The lowest BCUT2D eigenvalue weighted by atomic mass is 9.47. The number of nitrogens with one attached hydrogen (secondary N) is 1. The Morgan fingerprint density at radius 2 is 2.13 bits per heavy atom. The van der Waals surface area contributed by atoms with Crippen LogP contribution in [0.4, 0.5) is 4.79 Å². The van der Waals surface area contributed by atoms with Crippen LogP contribution in [0.15, 0.2) is 16.8 Å². The second-order valence-corrected chi connectivity index (χ2v) is 12.2. The van der Waals surface area contributed by atoms with E-state index in [0.29, 0.717) is 11.9 Å². The van der Waals surface area contributed by atoms with E-state index in [0.717, 1.165) is 42.7 Å². The van der Waals surface area contributed by atoms with Crippen molar-refractivity contribution < 1.29 is 14.6 Å². The predicted molar refractivity (Wildman–Crippen MR) is 120 cm³/mol. The maximum atomic E-state index is 11.8. The second kappa shape index (κ2) is 6.99. The van der Waals surface area contributed by atoms with Crippen molar-refractivity contribution in [1.29, 1.82) is 0 Å². The first-order chi connectivity index (χ1) is 14.3. The minimum absolute atomic E-state index is 0.0792. The highest BCUT2D eigenvalue weighted by Crippen LogP contribution is 2.79. The Hall–Kier alpha value is -1.01. The van der Waals surface area contributed by atoms with Gasteiger partial charge in [0.05, 0.1) is 23.2 Å². The highest BCUT2D eigenvalue weighted by molar-refractivity contribution is 8.09. The standard InChI is InChI=1S/C24H36N2O3S/c1-5-29-21(28)26-25-14(2)24-20(30-24)13-19-17-7-6-15-12-16(27)8-10-22(15,3)18(17)9-11-23(19,24)4/h6,16-20,27H,5,7-13H2,1-4H3,(H,26,28)/t16-,17?,18?,19?,20+,22-,23-,24+/m0/s1. The van der Waals surface area contributed by atoms with Crippen molar-refractivity contribution in [2.75, 3.05) is 6.61 Å².